The van der Waals surface area contributed by atoms with Crippen molar-refractivity contribution in [3.05, 3.63) is 41.4 Å². The number of nitrogens with one attached hydrogen (secondary N) is 2. The molecule has 7 nitrogen and oxygen atoms in total. The predicted octanol–water partition coefficient (Wildman–Crippen LogP) is 2.99. The van der Waals surface area contributed by atoms with Crippen LogP contribution in [0.3, 0.4) is 0 Å². The fourth-order valence-corrected chi connectivity index (χ4v) is 3.31. The van der Waals surface area contributed by atoms with Gasteiger partial charge in [0.1, 0.15) is 23.8 Å². The molecular formula is C19H23ClFN5O2. The van der Waals surface area contributed by atoms with Gasteiger partial charge in [0.25, 0.3) is 0 Å². The Bertz CT molecular complexity index is 815. The molecule has 1 aromatic carbocycles. The van der Waals surface area contributed by atoms with E-state index in [0.29, 0.717) is 17.4 Å². The standard InChI is InChI=1S/C19H23ClFN5O2/c1-28-19(27)11-22-10-13-4-6-26(7-5-13)18-9-17(23-12-24-18)25-14-2-3-16(21)15(20)8-14/h2-3,8-9,12-13,22H,4-7,10-11H2,1H3,(H,23,24,25). The number of benzene rings is 1. The molecule has 28 heavy (non-hydrogen) atoms. The molecule has 0 spiro atoms. The van der Waals surface area contributed by atoms with E-state index in [9.17, 15) is 9.18 Å². The molecule has 0 aliphatic carbocycles. The summed E-state index contributed by atoms with van der Waals surface area (Å²) in [6.45, 7) is 2.79. The van der Waals surface area contributed by atoms with E-state index in [1.807, 2.05) is 6.07 Å². The number of aromatic nitrogens is 2. The van der Waals surface area contributed by atoms with Crippen LogP contribution in [0.5, 0.6) is 0 Å². The Morgan fingerprint density at radius 3 is 2.82 bits per heavy atom. The lowest BCUT2D eigenvalue weighted by Crippen LogP contribution is -2.38. The second kappa shape index (κ2) is 9.66. The molecule has 1 aliphatic rings. The number of carbonyl (C=O) groups is 1. The van der Waals surface area contributed by atoms with Gasteiger partial charge in [0.05, 0.1) is 18.7 Å². The van der Waals surface area contributed by atoms with Gasteiger partial charge in [-0.2, -0.15) is 0 Å². The number of hydrogen-bond acceptors (Lipinski definition) is 7. The van der Waals surface area contributed by atoms with Gasteiger partial charge in [0.2, 0.25) is 0 Å². The minimum absolute atomic E-state index is 0.0576. The number of piperidine rings is 1. The molecule has 0 bridgehead atoms. The highest BCUT2D eigenvalue weighted by Crippen LogP contribution is 2.25. The third-order valence-electron chi connectivity index (χ3n) is 4.71. The van der Waals surface area contributed by atoms with E-state index < -0.39 is 5.82 Å². The summed E-state index contributed by atoms with van der Waals surface area (Å²) in [5.41, 5.74) is 0.659. The number of ether oxygens (including phenoxy) is 1. The molecular weight excluding hydrogens is 385 g/mol. The average Bonchev–Trinajstić information content (AvgIpc) is 2.71. The minimum Gasteiger partial charge on any atom is -0.468 e. The lowest BCUT2D eigenvalue weighted by atomic mass is 9.97. The molecule has 0 atom stereocenters. The maximum Gasteiger partial charge on any atom is 0.319 e. The average molecular weight is 408 g/mol. The van der Waals surface area contributed by atoms with E-state index in [-0.39, 0.29) is 17.5 Å². The smallest absolute Gasteiger partial charge is 0.319 e. The highest BCUT2D eigenvalue weighted by atomic mass is 35.5. The summed E-state index contributed by atoms with van der Waals surface area (Å²) in [5, 5.41) is 6.32. The van der Waals surface area contributed by atoms with Gasteiger partial charge in [-0.25, -0.2) is 14.4 Å². The molecule has 2 aromatic rings. The first-order valence-corrected chi connectivity index (χ1v) is 9.49. The Balaban J connectivity index is 1.53. The number of esters is 1. The van der Waals surface area contributed by atoms with Crippen molar-refractivity contribution in [3.8, 4) is 0 Å². The Morgan fingerprint density at radius 1 is 1.32 bits per heavy atom. The van der Waals surface area contributed by atoms with Crippen molar-refractivity contribution in [1.82, 2.24) is 15.3 Å². The van der Waals surface area contributed by atoms with Crippen molar-refractivity contribution in [2.75, 3.05) is 43.5 Å². The van der Waals surface area contributed by atoms with E-state index >= 15 is 0 Å². The van der Waals surface area contributed by atoms with Crippen molar-refractivity contribution < 1.29 is 13.9 Å². The Kier molecular flexibility index (Phi) is 7.00. The highest BCUT2D eigenvalue weighted by molar-refractivity contribution is 6.31. The normalized spacial score (nSPS) is 14.8. The van der Waals surface area contributed by atoms with Crippen LogP contribution in [-0.2, 0) is 9.53 Å². The van der Waals surface area contributed by atoms with Gasteiger partial charge in [-0.15, -0.1) is 0 Å². The van der Waals surface area contributed by atoms with Crippen LogP contribution in [0.15, 0.2) is 30.6 Å². The predicted molar refractivity (Wildman–Crippen MR) is 107 cm³/mol. The molecule has 150 valence electrons. The SMILES string of the molecule is COC(=O)CNCC1CCN(c2cc(Nc3ccc(F)c(Cl)c3)ncn2)CC1. The molecule has 2 N–H and O–H groups in total. The molecule has 0 saturated carbocycles. The lowest BCUT2D eigenvalue weighted by molar-refractivity contribution is -0.139. The van der Waals surface area contributed by atoms with Crippen LogP contribution in [0.1, 0.15) is 12.8 Å². The summed E-state index contributed by atoms with van der Waals surface area (Å²) in [6.07, 6.45) is 3.52. The van der Waals surface area contributed by atoms with Gasteiger partial charge >= 0.3 is 5.97 Å². The number of rotatable bonds is 7. The van der Waals surface area contributed by atoms with Gasteiger partial charge in [0, 0.05) is 24.8 Å². The van der Waals surface area contributed by atoms with Crippen LogP contribution in [0.2, 0.25) is 5.02 Å². The van der Waals surface area contributed by atoms with Crippen molar-refractivity contribution in [1.29, 1.82) is 0 Å². The molecule has 0 radical (unpaired) electrons. The summed E-state index contributed by atoms with van der Waals surface area (Å²) in [7, 11) is 1.39. The summed E-state index contributed by atoms with van der Waals surface area (Å²) in [6, 6.07) is 6.31. The third-order valence-corrected chi connectivity index (χ3v) is 5.00. The van der Waals surface area contributed by atoms with E-state index in [4.69, 9.17) is 11.6 Å². The maximum atomic E-state index is 13.3. The van der Waals surface area contributed by atoms with Crippen LogP contribution < -0.4 is 15.5 Å². The van der Waals surface area contributed by atoms with E-state index in [0.717, 1.165) is 38.3 Å². The number of halogens is 2. The molecule has 3 rings (SSSR count). The zero-order valence-corrected chi connectivity index (χ0v) is 16.4. The molecule has 0 amide bonds. The van der Waals surface area contributed by atoms with E-state index in [2.05, 4.69) is 30.2 Å². The van der Waals surface area contributed by atoms with Crippen LogP contribution in [0.4, 0.5) is 21.7 Å². The van der Waals surface area contributed by atoms with Crippen LogP contribution in [-0.4, -0.2) is 49.2 Å². The summed E-state index contributed by atoms with van der Waals surface area (Å²) >= 11 is 5.82. The van der Waals surface area contributed by atoms with Crippen molar-refractivity contribution in [2.24, 2.45) is 5.92 Å². The van der Waals surface area contributed by atoms with Crippen LogP contribution >= 0.6 is 11.6 Å². The lowest BCUT2D eigenvalue weighted by Gasteiger charge is -2.33. The first-order valence-electron chi connectivity index (χ1n) is 9.11. The quantitative estimate of drug-likeness (QED) is 0.683. The second-order valence-electron chi connectivity index (χ2n) is 6.65. The van der Waals surface area contributed by atoms with Crippen molar-refractivity contribution in [3.63, 3.8) is 0 Å². The van der Waals surface area contributed by atoms with Crippen molar-refractivity contribution in [2.45, 2.75) is 12.8 Å². The zero-order chi connectivity index (χ0) is 19.9. The minimum atomic E-state index is -0.459. The molecule has 1 aromatic heterocycles. The number of anilines is 3. The van der Waals surface area contributed by atoms with E-state index in [1.165, 1.54) is 25.6 Å². The number of nitrogens with zero attached hydrogens (tertiary/aromatic N) is 3. The molecule has 1 fully saturated rings. The second-order valence-corrected chi connectivity index (χ2v) is 7.06. The maximum absolute atomic E-state index is 13.3. The molecule has 9 heteroatoms. The van der Waals surface area contributed by atoms with Gasteiger partial charge in [0.15, 0.2) is 0 Å². The Labute approximate surface area is 168 Å². The van der Waals surface area contributed by atoms with Gasteiger partial charge in [-0.1, -0.05) is 11.6 Å². The zero-order valence-electron chi connectivity index (χ0n) is 15.6. The summed E-state index contributed by atoms with van der Waals surface area (Å²) in [4.78, 5) is 22.0. The van der Waals surface area contributed by atoms with Crippen molar-refractivity contribution >= 4 is 34.9 Å². The summed E-state index contributed by atoms with van der Waals surface area (Å²) in [5.74, 6) is 1.27. The van der Waals surface area contributed by atoms with Crippen LogP contribution in [0.25, 0.3) is 0 Å². The van der Waals surface area contributed by atoms with Gasteiger partial charge in [-0.05, 0) is 43.5 Å². The van der Waals surface area contributed by atoms with Crippen LogP contribution in [0, 0.1) is 11.7 Å². The Hall–Kier alpha value is -2.45. The largest absolute Gasteiger partial charge is 0.468 e. The molecule has 2 heterocycles. The fraction of sp³-hybridized carbons (Fsp3) is 0.421. The number of methoxy groups -OCH3 is 1. The first kappa shape index (κ1) is 20.3. The third kappa shape index (κ3) is 5.53. The highest BCUT2D eigenvalue weighted by Gasteiger charge is 2.20. The summed E-state index contributed by atoms with van der Waals surface area (Å²) < 4.78 is 17.9. The first-order chi connectivity index (χ1) is 13.5. The fourth-order valence-electron chi connectivity index (χ4n) is 3.13. The van der Waals surface area contributed by atoms with E-state index in [1.54, 1.807) is 6.07 Å². The topological polar surface area (TPSA) is 79.4 Å². The number of hydrogen-bond donors (Lipinski definition) is 2. The van der Waals surface area contributed by atoms with Gasteiger partial charge < -0.3 is 20.3 Å². The molecule has 0 unspecified atom stereocenters. The molecule has 1 saturated heterocycles. The monoisotopic (exact) mass is 407 g/mol. The number of carbonyl (C=O) groups excluding carboxylic acids is 1. The van der Waals surface area contributed by atoms with Gasteiger partial charge in [-0.3, -0.25) is 4.79 Å². The molecule has 1 aliphatic heterocycles. The Morgan fingerprint density at radius 2 is 2.11 bits per heavy atom.